The molecule has 6 rings (SSSR count). The van der Waals surface area contributed by atoms with Gasteiger partial charge in [0.05, 0.1) is 11.6 Å². The minimum absolute atomic E-state index is 0.0235. The quantitative estimate of drug-likeness (QED) is 0.336. The van der Waals surface area contributed by atoms with Crippen LogP contribution < -0.4 is 5.32 Å². The number of likely N-dealkylation sites (tertiary alicyclic amines) is 2. The average molecular weight is 603 g/mol. The summed E-state index contributed by atoms with van der Waals surface area (Å²) in [6.45, 7) is 9.18. The highest BCUT2D eigenvalue weighted by atomic mass is 35.5. The molecule has 1 aromatic heterocycles. The Morgan fingerprint density at radius 3 is 2.40 bits per heavy atom. The van der Waals surface area contributed by atoms with Gasteiger partial charge in [-0.1, -0.05) is 69.6 Å². The van der Waals surface area contributed by atoms with Crippen LogP contribution in [0.3, 0.4) is 0 Å². The SMILES string of the molecule is CCC12CC(CN1C(=O)C(NC(=O)c1cc3ccccc3[nH]1)C(C)(C)C)N(C(=O)C1CCC(c3ccc(Cl)cc3)CC1)C2. The number of halogens is 1. The molecule has 3 aliphatic rings. The summed E-state index contributed by atoms with van der Waals surface area (Å²) in [5.74, 6) is 0.419. The summed E-state index contributed by atoms with van der Waals surface area (Å²) < 4.78 is 0. The van der Waals surface area contributed by atoms with Crippen LogP contribution in [0.4, 0.5) is 0 Å². The third-order valence-electron chi connectivity index (χ3n) is 10.3. The topological polar surface area (TPSA) is 85.5 Å². The van der Waals surface area contributed by atoms with Gasteiger partial charge < -0.3 is 20.1 Å². The molecular weight excluding hydrogens is 560 g/mol. The van der Waals surface area contributed by atoms with Crippen molar-refractivity contribution in [3.63, 3.8) is 0 Å². The number of aromatic nitrogens is 1. The normalized spacial score (nSPS) is 26.1. The molecule has 3 fully saturated rings. The van der Waals surface area contributed by atoms with Crippen LogP contribution in [0, 0.1) is 11.3 Å². The number of fused-ring (bicyclic) bond motifs is 3. The molecule has 0 radical (unpaired) electrons. The van der Waals surface area contributed by atoms with Gasteiger partial charge in [-0.3, -0.25) is 14.4 Å². The molecule has 3 atom stereocenters. The van der Waals surface area contributed by atoms with E-state index in [9.17, 15) is 14.4 Å². The Morgan fingerprint density at radius 1 is 1.05 bits per heavy atom. The van der Waals surface area contributed by atoms with Crippen LogP contribution in [-0.4, -0.2) is 63.2 Å². The van der Waals surface area contributed by atoms with Gasteiger partial charge in [0.2, 0.25) is 11.8 Å². The summed E-state index contributed by atoms with van der Waals surface area (Å²) in [5, 5.41) is 4.77. The van der Waals surface area contributed by atoms with Crippen LogP contribution in [0.5, 0.6) is 0 Å². The van der Waals surface area contributed by atoms with E-state index in [1.807, 2.05) is 68.1 Å². The van der Waals surface area contributed by atoms with Gasteiger partial charge >= 0.3 is 0 Å². The maximum Gasteiger partial charge on any atom is 0.268 e. The molecule has 7 nitrogen and oxygen atoms in total. The monoisotopic (exact) mass is 602 g/mol. The highest BCUT2D eigenvalue weighted by Crippen LogP contribution is 2.45. The maximum atomic E-state index is 14.2. The number of aromatic amines is 1. The molecule has 2 aromatic carbocycles. The summed E-state index contributed by atoms with van der Waals surface area (Å²) in [6.07, 6.45) is 5.36. The van der Waals surface area contributed by atoms with Crippen molar-refractivity contribution in [2.24, 2.45) is 11.3 Å². The Morgan fingerprint density at radius 2 is 1.74 bits per heavy atom. The van der Waals surface area contributed by atoms with E-state index in [-0.39, 0.29) is 29.7 Å². The summed E-state index contributed by atoms with van der Waals surface area (Å²) in [5.41, 5.74) is 1.75. The Balaban J connectivity index is 1.12. The molecule has 2 N–H and O–H groups in total. The molecule has 8 heteroatoms. The van der Waals surface area contributed by atoms with Crippen molar-refractivity contribution in [3.8, 4) is 0 Å². The maximum absolute atomic E-state index is 14.2. The minimum atomic E-state index is -0.693. The van der Waals surface area contributed by atoms with E-state index in [0.29, 0.717) is 24.7 Å². The van der Waals surface area contributed by atoms with E-state index in [2.05, 4.69) is 34.3 Å². The lowest BCUT2D eigenvalue weighted by Crippen LogP contribution is -2.63. The fourth-order valence-electron chi connectivity index (χ4n) is 7.70. The molecule has 2 bridgehead atoms. The summed E-state index contributed by atoms with van der Waals surface area (Å²) in [4.78, 5) is 48.7. The number of hydrogen-bond donors (Lipinski definition) is 2. The van der Waals surface area contributed by atoms with Gasteiger partial charge in [0.25, 0.3) is 5.91 Å². The van der Waals surface area contributed by atoms with Crippen LogP contribution in [0.15, 0.2) is 54.6 Å². The molecular formula is C35H43ClN4O3. The zero-order valence-electron chi connectivity index (χ0n) is 25.7. The van der Waals surface area contributed by atoms with Crippen LogP contribution in [0.25, 0.3) is 10.9 Å². The van der Waals surface area contributed by atoms with Crippen molar-refractivity contribution >= 4 is 40.2 Å². The van der Waals surface area contributed by atoms with Gasteiger partial charge in [0.1, 0.15) is 11.7 Å². The molecule has 2 aliphatic heterocycles. The van der Waals surface area contributed by atoms with Crippen molar-refractivity contribution in [1.29, 1.82) is 0 Å². The first kappa shape index (κ1) is 29.7. The second-order valence-electron chi connectivity index (χ2n) is 14.0. The van der Waals surface area contributed by atoms with Gasteiger partial charge in [-0.05, 0) is 79.7 Å². The van der Waals surface area contributed by atoms with E-state index in [1.54, 1.807) is 0 Å². The summed E-state index contributed by atoms with van der Waals surface area (Å²) in [6, 6.07) is 17.0. The Labute approximate surface area is 259 Å². The van der Waals surface area contributed by atoms with E-state index in [4.69, 9.17) is 11.6 Å². The van der Waals surface area contributed by atoms with E-state index < -0.39 is 17.0 Å². The molecule has 3 heterocycles. The molecule has 1 saturated carbocycles. The number of amides is 3. The summed E-state index contributed by atoms with van der Waals surface area (Å²) >= 11 is 6.08. The highest BCUT2D eigenvalue weighted by Gasteiger charge is 2.58. The van der Waals surface area contributed by atoms with E-state index >= 15 is 0 Å². The fourth-order valence-corrected chi connectivity index (χ4v) is 7.83. The van der Waals surface area contributed by atoms with Crippen molar-refractivity contribution in [2.45, 2.75) is 89.8 Å². The smallest absolute Gasteiger partial charge is 0.268 e. The average Bonchev–Trinajstić information content (AvgIpc) is 3.71. The number of piperazine rings is 1. The van der Waals surface area contributed by atoms with Crippen molar-refractivity contribution in [2.75, 3.05) is 13.1 Å². The fraction of sp³-hybridized carbons (Fsp3) is 0.514. The van der Waals surface area contributed by atoms with Crippen LogP contribution in [0.1, 0.15) is 88.2 Å². The zero-order valence-corrected chi connectivity index (χ0v) is 26.4. The third kappa shape index (κ3) is 5.57. The second-order valence-corrected chi connectivity index (χ2v) is 14.4. The molecule has 1 aliphatic carbocycles. The molecule has 3 unspecified atom stereocenters. The van der Waals surface area contributed by atoms with Gasteiger partial charge in [0.15, 0.2) is 0 Å². The van der Waals surface area contributed by atoms with Gasteiger partial charge in [-0.15, -0.1) is 0 Å². The number of nitrogens with one attached hydrogen (secondary N) is 2. The molecule has 3 amide bonds. The predicted octanol–water partition coefficient (Wildman–Crippen LogP) is 6.53. The molecule has 0 spiro atoms. The van der Waals surface area contributed by atoms with Gasteiger partial charge in [-0.25, -0.2) is 0 Å². The standard InChI is InChI=1S/C35H43ClN4O3/c1-5-35-19-27(39(21-35)32(42)24-12-10-22(11-13-24)23-14-16-26(36)17-15-23)20-40(35)33(43)30(34(2,3)4)38-31(41)29-18-25-8-6-7-9-28(25)37-29/h6-9,14-18,22,24,27,30,37H,5,10-13,19-21H2,1-4H3,(H,38,41). The van der Waals surface area contributed by atoms with Crippen molar-refractivity contribution in [1.82, 2.24) is 20.1 Å². The third-order valence-corrected chi connectivity index (χ3v) is 10.5. The van der Waals surface area contributed by atoms with Gasteiger partial charge in [-0.2, -0.15) is 0 Å². The molecule has 3 aromatic rings. The largest absolute Gasteiger partial charge is 0.351 e. The molecule has 43 heavy (non-hydrogen) atoms. The first-order chi connectivity index (χ1) is 20.5. The number of H-pyrrole nitrogens is 1. The number of carbonyl (C=O) groups is 3. The first-order valence-electron chi connectivity index (χ1n) is 15.7. The Hall–Kier alpha value is -3.32. The number of nitrogens with zero attached hydrogens (tertiary/aromatic N) is 2. The highest BCUT2D eigenvalue weighted by molar-refractivity contribution is 6.30. The Kier molecular flexibility index (Phi) is 7.82. The molecule has 2 saturated heterocycles. The second kappa shape index (κ2) is 11.3. The number of benzene rings is 2. The van der Waals surface area contributed by atoms with Crippen LogP contribution in [0.2, 0.25) is 5.02 Å². The lowest BCUT2D eigenvalue weighted by molar-refractivity contribution is -0.149. The van der Waals surface area contributed by atoms with Crippen molar-refractivity contribution < 1.29 is 14.4 Å². The summed E-state index contributed by atoms with van der Waals surface area (Å²) in [7, 11) is 0. The van der Waals surface area contributed by atoms with Gasteiger partial charge in [0, 0.05) is 34.9 Å². The minimum Gasteiger partial charge on any atom is -0.351 e. The lowest BCUT2D eigenvalue weighted by atomic mass is 9.78. The van der Waals surface area contributed by atoms with Crippen LogP contribution >= 0.6 is 11.6 Å². The number of rotatable bonds is 6. The number of carbonyl (C=O) groups excluding carboxylic acids is 3. The first-order valence-corrected chi connectivity index (χ1v) is 16.1. The van der Waals surface area contributed by atoms with Crippen molar-refractivity contribution in [3.05, 3.63) is 70.9 Å². The zero-order chi connectivity index (χ0) is 30.5. The van der Waals surface area contributed by atoms with Crippen LogP contribution in [-0.2, 0) is 9.59 Å². The predicted molar refractivity (Wildman–Crippen MR) is 170 cm³/mol. The number of hydrogen-bond acceptors (Lipinski definition) is 3. The van der Waals surface area contributed by atoms with E-state index in [0.717, 1.165) is 54.5 Å². The van der Waals surface area contributed by atoms with E-state index in [1.165, 1.54) is 5.56 Å². The number of para-hydroxylation sites is 1. The molecule has 228 valence electrons. The lowest BCUT2D eigenvalue weighted by Gasteiger charge is -2.45. The Bertz CT molecular complexity index is 1480.